The molecule has 3 heteroatoms. The van der Waals surface area contributed by atoms with E-state index in [1.807, 2.05) is 6.20 Å². The lowest BCUT2D eigenvalue weighted by atomic mass is 10.1. The molecule has 0 bridgehead atoms. The van der Waals surface area contributed by atoms with Crippen LogP contribution in [0.1, 0.15) is 50.5 Å². The van der Waals surface area contributed by atoms with E-state index < -0.39 is 0 Å². The average molecular weight is 193 g/mol. The van der Waals surface area contributed by atoms with Crippen LogP contribution in [0.15, 0.2) is 6.20 Å². The minimum Gasteiger partial charge on any atom is -0.345 e. The highest BCUT2D eigenvalue weighted by atomic mass is 15.0. The second-order valence-electron chi connectivity index (χ2n) is 4.25. The van der Waals surface area contributed by atoms with Gasteiger partial charge in [0.25, 0.3) is 0 Å². The van der Waals surface area contributed by atoms with E-state index in [0.717, 1.165) is 24.8 Å². The van der Waals surface area contributed by atoms with Gasteiger partial charge in [-0.3, -0.25) is 0 Å². The third kappa shape index (κ3) is 2.35. The maximum atomic E-state index is 4.37. The van der Waals surface area contributed by atoms with Crippen molar-refractivity contribution in [2.45, 2.75) is 51.6 Å². The monoisotopic (exact) mass is 193 g/mol. The first-order valence-electron chi connectivity index (χ1n) is 5.56. The largest absolute Gasteiger partial charge is 0.345 e. The van der Waals surface area contributed by atoms with Gasteiger partial charge < -0.3 is 10.3 Å². The van der Waals surface area contributed by atoms with Gasteiger partial charge in [-0.1, -0.05) is 13.8 Å². The Labute approximate surface area is 85.3 Å². The molecular weight excluding hydrogens is 174 g/mol. The minimum atomic E-state index is 0.595. The quantitative estimate of drug-likeness (QED) is 0.752. The van der Waals surface area contributed by atoms with Gasteiger partial charge in [-0.2, -0.15) is 0 Å². The van der Waals surface area contributed by atoms with E-state index in [1.54, 1.807) is 0 Å². The van der Waals surface area contributed by atoms with Gasteiger partial charge >= 0.3 is 0 Å². The number of nitrogens with zero attached hydrogens (tertiary/aromatic N) is 1. The Morgan fingerprint density at radius 1 is 1.64 bits per heavy atom. The first-order valence-corrected chi connectivity index (χ1v) is 5.56. The van der Waals surface area contributed by atoms with Crippen molar-refractivity contribution >= 4 is 0 Å². The summed E-state index contributed by atoms with van der Waals surface area (Å²) in [5, 5.41) is 3.45. The lowest BCUT2D eigenvalue weighted by Gasteiger charge is -2.04. The Kier molecular flexibility index (Phi) is 2.87. The Morgan fingerprint density at radius 2 is 2.43 bits per heavy atom. The summed E-state index contributed by atoms with van der Waals surface area (Å²) < 4.78 is 0. The molecule has 0 radical (unpaired) electrons. The smallest absolute Gasteiger partial charge is 0.120 e. The zero-order valence-corrected chi connectivity index (χ0v) is 9.01. The average Bonchev–Trinajstić information content (AvgIpc) is 2.92. The lowest BCUT2D eigenvalue weighted by molar-refractivity contribution is 0.656. The van der Waals surface area contributed by atoms with Crippen molar-refractivity contribution in [3.63, 3.8) is 0 Å². The first-order chi connectivity index (χ1) is 6.79. The zero-order chi connectivity index (χ0) is 9.97. The molecule has 1 fully saturated rings. The number of aromatic nitrogens is 2. The van der Waals surface area contributed by atoms with Gasteiger partial charge in [-0.15, -0.1) is 0 Å². The van der Waals surface area contributed by atoms with E-state index in [0.29, 0.717) is 5.92 Å². The summed E-state index contributed by atoms with van der Waals surface area (Å²) >= 11 is 0. The molecule has 1 aliphatic carbocycles. The van der Waals surface area contributed by atoms with Crippen LogP contribution in [0, 0.1) is 0 Å². The molecule has 0 amide bonds. The number of nitrogens with one attached hydrogen (secondary N) is 2. The standard InChI is InChI=1S/C11H19N3/c1-3-8(2)10-6-13-11(14-10)7-12-9-4-5-9/h6,8-9,12H,3-5,7H2,1-2H3,(H,13,14). The molecule has 1 saturated carbocycles. The number of H-pyrrole nitrogens is 1. The predicted molar refractivity (Wildman–Crippen MR) is 57.2 cm³/mol. The van der Waals surface area contributed by atoms with Gasteiger partial charge in [0.05, 0.1) is 6.54 Å². The van der Waals surface area contributed by atoms with E-state index in [2.05, 4.69) is 29.1 Å². The topological polar surface area (TPSA) is 40.7 Å². The normalized spacial score (nSPS) is 18.4. The zero-order valence-electron chi connectivity index (χ0n) is 9.01. The molecule has 78 valence electrons. The van der Waals surface area contributed by atoms with E-state index in [-0.39, 0.29) is 0 Å². The fourth-order valence-electron chi connectivity index (χ4n) is 1.47. The van der Waals surface area contributed by atoms with Crippen LogP contribution in [0.25, 0.3) is 0 Å². The van der Waals surface area contributed by atoms with Crippen molar-refractivity contribution in [2.24, 2.45) is 0 Å². The second kappa shape index (κ2) is 4.13. The highest BCUT2D eigenvalue weighted by molar-refractivity contribution is 5.06. The number of hydrogen-bond donors (Lipinski definition) is 2. The van der Waals surface area contributed by atoms with E-state index in [1.165, 1.54) is 18.5 Å². The number of rotatable bonds is 5. The molecule has 2 N–H and O–H groups in total. The van der Waals surface area contributed by atoms with Gasteiger partial charge in [0.15, 0.2) is 0 Å². The van der Waals surface area contributed by atoms with Crippen molar-refractivity contribution in [3.8, 4) is 0 Å². The molecule has 2 rings (SSSR count). The summed E-state index contributed by atoms with van der Waals surface area (Å²) in [6.07, 6.45) is 5.80. The summed E-state index contributed by atoms with van der Waals surface area (Å²) in [6, 6.07) is 0.757. The summed E-state index contributed by atoms with van der Waals surface area (Å²) in [5.74, 6) is 1.67. The van der Waals surface area contributed by atoms with Gasteiger partial charge in [-0.05, 0) is 25.2 Å². The van der Waals surface area contributed by atoms with Crippen molar-refractivity contribution in [2.75, 3.05) is 0 Å². The third-order valence-corrected chi connectivity index (χ3v) is 2.93. The molecule has 0 saturated heterocycles. The molecule has 1 aromatic rings. The van der Waals surface area contributed by atoms with Crippen molar-refractivity contribution in [1.82, 2.24) is 15.3 Å². The second-order valence-corrected chi connectivity index (χ2v) is 4.25. The molecule has 0 spiro atoms. The van der Waals surface area contributed by atoms with E-state index >= 15 is 0 Å². The van der Waals surface area contributed by atoms with Crippen molar-refractivity contribution in [1.29, 1.82) is 0 Å². The maximum Gasteiger partial charge on any atom is 0.120 e. The fraction of sp³-hybridized carbons (Fsp3) is 0.727. The summed E-state index contributed by atoms with van der Waals surface area (Å²) in [6.45, 7) is 5.32. The van der Waals surface area contributed by atoms with Crippen LogP contribution in [0.3, 0.4) is 0 Å². The van der Waals surface area contributed by atoms with Crippen LogP contribution in [0.4, 0.5) is 0 Å². The Balaban J connectivity index is 1.87. The van der Waals surface area contributed by atoms with Crippen molar-refractivity contribution in [3.05, 3.63) is 17.7 Å². The van der Waals surface area contributed by atoms with Crippen LogP contribution < -0.4 is 5.32 Å². The van der Waals surface area contributed by atoms with Crippen LogP contribution in [-0.4, -0.2) is 16.0 Å². The van der Waals surface area contributed by atoms with Gasteiger partial charge in [0.1, 0.15) is 5.82 Å². The van der Waals surface area contributed by atoms with Crippen LogP contribution >= 0.6 is 0 Å². The molecule has 0 aromatic carbocycles. The molecule has 1 aromatic heterocycles. The van der Waals surface area contributed by atoms with Crippen molar-refractivity contribution < 1.29 is 0 Å². The molecule has 14 heavy (non-hydrogen) atoms. The summed E-state index contributed by atoms with van der Waals surface area (Å²) in [4.78, 5) is 7.74. The van der Waals surface area contributed by atoms with Crippen LogP contribution in [0.5, 0.6) is 0 Å². The summed E-state index contributed by atoms with van der Waals surface area (Å²) in [5.41, 5.74) is 1.26. The fourth-order valence-corrected chi connectivity index (χ4v) is 1.47. The SMILES string of the molecule is CCC(C)c1cnc(CNC2CC2)[nH]1. The molecule has 3 nitrogen and oxygen atoms in total. The number of imidazole rings is 1. The van der Waals surface area contributed by atoms with E-state index in [4.69, 9.17) is 0 Å². The van der Waals surface area contributed by atoms with Gasteiger partial charge in [-0.25, -0.2) is 4.98 Å². The molecule has 0 aliphatic heterocycles. The van der Waals surface area contributed by atoms with Crippen LogP contribution in [0.2, 0.25) is 0 Å². The Morgan fingerprint density at radius 3 is 3.07 bits per heavy atom. The number of hydrogen-bond acceptors (Lipinski definition) is 2. The Hall–Kier alpha value is -0.830. The lowest BCUT2D eigenvalue weighted by Crippen LogP contribution is -2.16. The molecule has 1 atom stereocenters. The highest BCUT2D eigenvalue weighted by Crippen LogP contribution is 2.19. The van der Waals surface area contributed by atoms with Gasteiger partial charge in [0.2, 0.25) is 0 Å². The highest BCUT2D eigenvalue weighted by Gasteiger charge is 2.20. The first kappa shape index (κ1) is 9.71. The molecular formula is C11H19N3. The maximum absolute atomic E-state index is 4.37. The van der Waals surface area contributed by atoms with Crippen LogP contribution in [-0.2, 0) is 6.54 Å². The predicted octanol–water partition coefficient (Wildman–Crippen LogP) is 2.18. The molecule has 1 heterocycles. The third-order valence-electron chi connectivity index (χ3n) is 2.93. The Bertz CT molecular complexity index is 288. The van der Waals surface area contributed by atoms with Gasteiger partial charge in [0, 0.05) is 17.9 Å². The molecule has 1 aliphatic rings. The number of aromatic amines is 1. The summed E-state index contributed by atoms with van der Waals surface area (Å²) in [7, 11) is 0. The molecule has 1 unspecified atom stereocenters. The van der Waals surface area contributed by atoms with E-state index in [9.17, 15) is 0 Å². The minimum absolute atomic E-state index is 0.595.